The van der Waals surface area contributed by atoms with Crippen LogP contribution in [0.4, 0.5) is 18.9 Å². The molecule has 1 aromatic rings. The monoisotopic (exact) mass is 373 g/mol. The second-order valence-electron chi connectivity index (χ2n) is 6.60. The molecule has 9 heteroatoms. The number of aliphatic imine (C=N–C) groups is 1. The van der Waals surface area contributed by atoms with Crippen molar-refractivity contribution in [2.24, 2.45) is 16.6 Å². The Hall–Kier alpha value is -2.00. The van der Waals surface area contributed by atoms with Crippen LogP contribution in [-0.2, 0) is 0 Å². The zero-order valence-corrected chi connectivity index (χ0v) is 15.1. The fourth-order valence-electron chi connectivity index (χ4n) is 2.74. The van der Waals surface area contributed by atoms with Gasteiger partial charge < -0.3 is 25.6 Å². The molecule has 0 bridgehead atoms. The molecule has 1 unspecified atom stereocenters. The number of anilines is 1. The number of nitrogens with two attached hydrogens (primary N) is 1. The van der Waals surface area contributed by atoms with Gasteiger partial charge in [0.2, 0.25) is 0 Å². The Morgan fingerprint density at radius 2 is 1.92 bits per heavy atom. The van der Waals surface area contributed by atoms with Crippen LogP contribution in [0.25, 0.3) is 0 Å². The summed E-state index contributed by atoms with van der Waals surface area (Å²) in [6.07, 6.45) is -4.76. The molecule has 1 fully saturated rings. The highest BCUT2D eigenvalue weighted by atomic mass is 19.4. The van der Waals surface area contributed by atoms with Crippen LogP contribution in [0.2, 0.25) is 0 Å². The van der Waals surface area contributed by atoms with E-state index in [1.807, 2.05) is 0 Å². The van der Waals surface area contributed by atoms with Crippen molar-refractivity contribution in [3.63, 3.8) is 0 Å². The summed E-state index contributed by atoms with van der Waals surface area (Å²) in [5, 5.41) is 2.68. The summed E-state index contributed by atoms with van der Waals surface area (Å²) in [5.41, 5.74) is 5.94. The molecule has 1 heterocycles. The van der Waals surface area contributed by atoms with Gasteiger partial charge in [0.05, 0.1) is 5.69 Å². The molecular formula is C17H26F3N5O. The van der Waals surface area contributed by atoms with E-state index in [1.54, 1.807) is 6.07 Å². The number of likely N-dealkylation sites (N-methyl/N-ethyl adjacent to an activating group) is 1. The molecule has 1 saturated heterocycles. The molecule has 2 rings (SSSR count). The number of halogens is 3. The first-order valence-corrected chi connectivity index (χ1v) is 8.55. The highest BCUT2D eigenvalue weighted by Gasteiger charge is 2.32. The Morgan fingerprint density at radius 3 is 2.58 bits per heavy atom. The molecule has 1 aliphatic rings. The van der Waals surface area contributed by atoms with Crippen LogP contribution in [0.1, 0.15) is 6.92 Å². The van der Waals surface area contributed by atoms with Crippen molar-refractivity contribution in [1.29, 1.82) is 0 Å². The van der Waals surface area contributed by atoms with Gasteiger partial charge in [0, 0.05) is 39.3 Å². The van der Waals surface area contributed by atoms with Crippen LogP contribution in [0.5, 0.6) is 5.75 Å². The van der Waals surface area contributed by atoms with Gasteiger partial charge in [0.15, 0.2) is 11.7 Å². The standard InChI is InChI=1S/C17H26F3N5O/c1-13(12-25-9-7-24(2)8-10-25)11-22-16(21)23-14-5-3-4-6-15(14)26-17(18,19)20/h3-6,13H,7-12H2,1-2H3,(H3,21,22,23). The van der Waals surface area contributed by atoms with Gasteiger partial charge in [0.1, 0.15) is 0 Å². The summed E-state index contributed by atoms with van der Waals surface area (Å²) in [7, 11) is 2.11. The Balaban J connectivity index is 1.86. The van der Waals surface area contributed by atoms with Gasteiger partial charge in [-0.2, -0.15) is 0 Å². The molecule has 1 atom stereocenters. The molecular weight excluding hydrogens is 347 g/mol. The van der Waals surface area contributed by atoms with E-state index < -0.39 is 6.36 Å². The van der Waals surface area contributed by atoms with Crippen molar-refractivity contribution in [1.82, 2.24) is 9.80 Å². The molecule has 3 N–H and O–H groups in total. The maximum Gasteiger partial charge on any atom is 0.573 e. The summed E-state index contributed by atoms with van der Waals surface area (Å²) < 4.78 is 41.3. The van der Waals surface area contributed by atoms with Crippen molar-refractivity contribution in [2.75, 3.05) is 51.6 Å². The number of ether oxygens (including phenoxy) is 1. The minimum atomic E-state index is -4.76. The molecule has 0 radical (unpaired) electrons. The zero-order valence-electron chi connectivity index (χ0n) is 15.1. The zero-order chi connectivity index (χ0) is 19.2. The number of hydrogen-bond acceptors (Lipinski definition) is 4. The van der Waals surface area contributed by atoms with E-state index in [1.165, 1.54) is 18.2 Å². The number of piperazine rings is 1. The number of nitrogens with zero attached hydrogens (tertiary/aromatic N) is 3. The molecule has 6 nitrogen and oxygen atoms in total. The Morgan fingerprint density at radius 1 is 1.27 bits per heavy atom. The van der Waals surface area contributed by atoms with Gasteiger partial charge in [0.25, 0.3) is 0 Å². The van der Waals surface area contributed by atoms with E-state index >= 15 is 0 Å². The molecule has 0 aromatic heterocycles. The third-order valence-corrected chi connectivity index (χ3v) is 4.11. The summed E-state index contributed by atoms with van der Waals surface area (Å²) >= 11 is 0. The van der Waals surface area contributed by atoms with Crippen LogP contribution >= 0.6 is 0 Å². The lowest BCUT2D eigenvalue weighted by Crippen LogP contribution is -2.46. The molecule has 0 saturated carbocycles. The first-order chi connectivity index (χ1) is 12.2. The Labute approximate surface area is 151 Å². The summed E-state index contributed by atoms with van der Waals surface area (Å²) in [6.45, 7) is 7.65. The van der Waals surface area contributed by atoms with Crippen LogP contribution < -0.4 is 15.8 Å². The predicted molar refractivity (Wildman–Crippen MR) is 96.3 cm³/mol. The minimum absolute atomic E-state index is 0.0634. The van der Waals surface area contributed by atoms with Gasteiger partial charge in [-0.3, -0.25) is 4.99 Å². The van der Waals surface area contributed by atoms with Crippen molar-refractivity contribution in [2.45, 2.75) is 13.3 Å². The van der Waals surface area contributed by atoms with E-state index in [-0.39, 0.29) is 17.4 Å². The van der Waals surface area contributed by atoms with Crippen LogP contribution in [0.15, 0.2) is 29.3 Å². The molecule has 26 heavy (non-hydrogen) atoms. The van der Waals surface area contributed by atoms with E-state index in [2.05, 4.69) is 38.8 Å². The molecule has 0 spiro atoms. The van der Waals surface area contributed by atoms with E-state index in [0.717, 1.165) is 32.7 Å². The minimum Gasteiger partial charge on any atom is -0.404 e. The SMILES string of the molecule is CC(CN=C(N)Nc1ccccc1OC(F)(F)F)CN1CCN(C)CC1. The molecule has 146 valence electrons. The first-order valence-electron chi connectivity index (χ1n) is 8.55. The Bertz CT molecular complexity index is 600. The van der Waals surface area contributed by atoms with Crippen LogP contribution in [0.3, 0.4) is 0 Å². The van der Waals surface area contributed by atoms with Crippen molar-refractivity contribution >= 4 is 11.6 Å². The number of benzene rings is 1. The van der Waals surface area contributed by atoms with Crippen LogP contribution in [-0.4, -0.2) is 68.4 Å². The van der Waals surface area contributed by atoms with Gasteiger partial charge in [-0.05, 0) is 25.1 Å². The number of para-hydroxylation sites is 2. The fraction of sp³-hybridized carbons (Fsp3) is 0.588. The van der Waals surface area contributed by atoms with Gasteiger partial charge in [-0.25, -0.2) is 0 Å². The smallest absolute Gasteiger partial charge is 0.404 e. The van der Waals surface area contributed by atoms with Gasteiger partial charge >= 0.3 is 6.36 Å². The van der Waals surface area contributed by atoms with Crippen LogP contribution in [0, 0.1) is 5.92 Å². The van der Waals surface area contributed by atoms with Crippen molar-refractivity contribution in [3.05, 3.63) is 24.3 Å². The maximum absolute atomic E-state index is 12.4. The molecule has 1 aliphatic heterocycles. The largest absolute Gasteiger partial charge is 0.573 e. The summed E-state index contributed by atoms with van der Waals surface area (Å²) in [6, 6.07) is 5.72. The lowest BCUT2D eigenvalue weighted by Gasteiger charge is -2.33. The number of alkyl halides is 3. The molecule has 1 aromatic carbocycles. The van der Waals surface area contributed by atoms with Crippen molar-refractivity contribution < 1.29 is 17.9 Å². The summed E-state index contributed by atoms with van der Waals surface area (Å²) in [4.78, 5) is 8.93. The second-order valence-corrected chi connectivity index (χ2v) is 6.60. The normalized spacial score (nSPS) is 18.6. The number of nitrogens with one attached hydrogen (secondary N) is 1. The average Bonchev–Trinajstić information content (AvgIpc) is 2.56. The second kappa shape index (κ2) is 9.09. The quantitative estimate of drug-likeness (QED) is 0.591. The summed E-state index contributed by atoms with van der Waals surface area (Å²) in [5.74, 6) is 0.0116. The number of hydrogen-bond donors (Lipinski definition) is 2. The highest BCUT2D eigenvalue weighted by molar-refractivity contribution is 5.93. The lowest BCUT2D eigenvalue weighted by molar-refractivity contribution is -0.274. The Kier molecular flexibility index (Phi) is 7.10. The van der Waals surface area contributed by atoms with Gasteiger partial charge in [-0.1, -0.05) is 19.1 Å². The van der Waals surface area contributed by atoms with E-state index in [9.17, 15) is 13.2 Å². The predicted octanol–water partition coefficient (Wildman–Crippen LogP) is 2.20. The molecule has 0 amide bonds. The third kappa shape index (κ3) is 7.09. The number of guanidine groups is 1. The van der Waals surface area contributed by atoms with Gasteiger partial charge in [-0.15, -0.1) is 13.2 Å². The fourth-order valence-corrected chi connectivity index (χ4v) is 2.74. The average molecular weight is 373 g/mol. The first kappa shape index (κ1) is 20.3. The molecule has 0 aliphatic carbocycles. The van der Waals surface area contributed by atoms with E-state index in [4.69, 9.17) is 5.73 Å². The number of rotatable bonds is 6. The maximum atomic E-state index is 12.4. The van der Waals surface area contributed by atoms with E-state index in [0.29, 0.717) is 12.5 Å². The third-order valence-electron chi connectivity index (χ3n) is 4.11. The van der Waals surface area contributed by atoms with Crippen molar-refractivity contribution in [3.8, 4) is 5.75 Å². The highest BCUT2D eigenvalue weighted by Crippen LogP contribution is 2.29. The topological polar surface area (TPSA) is 66.1 Å². The lowest BCUT2D eigenvalue weighted by atomic mass is 10.1.